The van der Waals surface area contributed by atoms with Gasteiger partial charge >= 0.3 is 0 Å². The molecular formula is C19H21N3O. The van der Waals surface area contributed by atoms with Crippen molar-refractivity contribution in [2.24, 2.45) is 5.92 Å². The normalized spacial score (nSPS) is 12.5. The zero-order valence-electron chi connectivity index (χ0n) is 13.4. The molecule has 1 N–H and O–H groups in total. The van der Waals surface area contributed by atoms with Gasteiger partial charge in [-0.1, -0.05) is 19.9 Å². The maximum atomic E-state index is 12.8. The molecule has 0 unspecified atom stereocenters. The highest BCUT2D eigenvalue weighted by molar-refractivity contribution is 6.02. The van der Waals surface area contributed by atoms with Gasteiger partial charge in [0.1, 0.15) is 6.04 Å². The van der Waals surface area contributed by atoms with Gasteiger partial charge < -0.3 is 9.88 Å². The summed E-state index contributed by atoms with van der Waals surface area (Å²) in [5, 5.41) is 4.04. The summed E-state index contributed by atoms with van der Waals surface area (Å²) in [5.74, 6) is 0.439. The van der Waals surface area contributed by atoms with Crippen molar-refractivity contribution in [3.63, 3.8) is 0 Å². The molecule has 4 heteroatoms. The van der Waals surface area contributed by atoms with Crippen LogP contribution in [0.25, 0.3) is 10.9 Å². The van der Waals surface area contributed by atoms with Gasteiger partial charge in [-0.25, -0.2) is 0 Å². The molecule has 0 saturated heterocycles. The zero-order chi connectivity index (χ0) is 16.2. The van der Waals surface area contributed by atoms with Crippen molar-refractivity contribution in [3.8, 4) is 0 Å². The van der Waals surface area contributed by atoms with Crippen LogP contribution in [0.5, 0.6) is 0 Å². The minimum atomic E-state index is -0.211. The van der Waals surface area contributed by atoms with Crippen molar-refractivity contribution in [1.82, 2.24) is 9.55 Å². The molecule has 3 aromatic rings. The van der Waals surface area contributed by atoms with E-state index in [1.165, 1.54) is 0 Å². The largest absolute Gasteiger partial charge is 0.342 e. The maximum absolute atomic E-state index is 12.8. The number of nitrogens with zero attached hydrogens (tertiary/aromatic N) is 2. The Kier molecular flexibility index (Phi) is 4.42. The highest BCUT2D eigenvalue weighted by atomic mass is 16.2. The van der Waals surface area contributed by atoms with Crippen molar-refractivity contribution in [2.75, 3.05) is 5.32 Å². The first-order valence-electron chi connectivity index (χ1n) is 7.92. The number of pyridine rings is 1. The Morgan fingerprint density at radius 1 is 1.13 bits per heavy atom. The maximum Gasteiger partial charge on any atom is 0.247 e. The fraction of sp³-hybridized carbons (Fsp3) is 0.263. The van der Waals surface area contributed by atoms with Crippen molar-refractivity contribution >= 4 is 22.5 Å². The van der Waals surface area contributed by atoms with Gasteiger partial charge in [-0.2, -0.15) is 0 Å². The van der Waals surface area contributed by atoms with E-state index in [9.17, 15) is 4.79 Å². The Balaban J connectivity index is 1.89. The molecule has 0 aliphatic heterocycles. The molecule has 4 nitrogen and oxygen atoms in total. The van der Waals surface area contributed by atoms with E-state index in [1.54, 1.807) is 6.20 Å². The number of aromatic nitrogens is 2. The number of carbonyl (C=O) groups excluding carboxylic acids is 1. The average Bonchev–Trinajstić information content (AvgIpc) is 3.07. The second-order valence-electron chi connectivity index (χ2n) is 6.14. The summed E-state index contributed by atoms with van der Waals surface area (Å²) < 4.78 is 1.97. The number of benzene rings is 1. The predicted molar refractivity (Wildman–Crippen MR) is 93.3 cm³/mol. The Hall–Kier alpha value is -2.62. The summed E-state index contributed by atoms with van der Waals surface area (Å²) >= 11 is 0. The van der Waals surface area contributed by atoms with Crippen LogP contribution in [-0.4, -0.2) is 15.5 Å². The molecule has 3 rings (SSSR count). The molecule has 1 aromatic carbocycles. The molecule has 0 bridgehead atoms. The number of fused-ring (bicyclic) bond motifs is 1. The van der Waals surface area contributed by atoms with Crippen molar-refractivity contribution in [3.05, 3.63) is 61.1 Å². The predicted octanol–water partition coefficient (Wildman–Crippen LogP) is 4.26. The van der Waals surface area contributed by atoms with E-state index in [4.69, 9.17) is 0 Å². The van der Waals surface area contributed by atoms with Crippen LogP contribution in [0.2, 0.25) is 0 Å². The lowest BCUT2D eigenvalue weighted by atomic mass is 10.0. The second-order valence-corrected chi connectivity index (χ2v) is 6.14. The van der Waals surface area contributed by atoms with Crippen LogP contribution >= 0.6 is 0 Å². The lowest BCUT2D eigenvalue weighted by Crippen LogP contribution is -2.26. The molecular weight excluding hydrogens is 286 g/mol. The summed E-state index contributed by atoms with van der Waals surface area (Å²) in [6.07, 6.45) is 6.44. The second kappa shape index (κ2) is 6.65. The third-order valence-corrected chi connectivity index (χ3v) is 3.89. The third kappa shape index (κ3) is 3.42. The van der Waals surface area contributed by atoms with Gasteiger partial charge in [-0.3, -0.25) is 9.78 Å². The van der Waals surface area contributed by atoms with Crippen LogP contribution < -0.4 is 5.32 Å². The average molecular weight is 307 g/mol. The Labute approximate surface area is 136 Å². The number of anilines is 1. The van der Waals surface area contributed by atoms with Crippen molar-refractivity contribution in [1.29, 1.82) is 0 Å². The van der Waals surface area contributed by atoms with Crippen LogP contribution in [-0.2, 0) is 4.79 Å². The molecule has 1 amide bonds. The third-order valence-electron chi connectivity index (χ3n) is 3.89. The van der Waals surface area contributed by atoms with E-state index in [2.05, 4.69) is 24.1 Å². The smallest absolute Gasteiger partial charge is 0.247 e. The molecule has 0 saturated carbocycles. The van der Waals surface area contributed by atoms with E-state index in [1.807, 2.05) is 59.4 Å². The lowest BCUT2D eigenvalue weighted by molar-refractivity contribution is -0.119. The summed E-state index contributed by atoms with van der Waals surface area (Å²) in [7, 11) is 0. The van der Waals surface area contributed by atoms with E-state index in [0.29, 0.717) is 5.92 Å². The summed E-state index contributed by atoms with van der Waals surface area (Å²) in [5.41, 5.74) is 1.69. The van der Waals surface area contributed by atoms with E-state index in [0.717, 1.165) is 23.0 Å². The first kappa shape index (κ1) is 15.3. The van der Waals surface area contributed by atoms with E-state index >= 15 is 0 Å². The summed E-state index contributed by atoms with van der Waals surface area (Å²) in [6.45, 7) is 4.26. The monoisotopic (exact) mass is 307 g/mol. The number of hydrogen-bond acceptors (Lipinski definition) is 2. The zero-order valence-corrected chi connectivity index (χ0v) is 13.4. The number of carbonyl (C=O) groups is 1. The molecule has 0 aliphatic carbocycles. The molecule has 2 heterocycles. The molecule has 118 valence electrons. The van der Waals surface area contributed by atoms with Crippen LogP contribution in [0.15, 0.2) is 61.1 Å². The lowest BCUT2D eigenvalue weighted by Gasteiger charge is -2.21. The molecule has 0 fully saturated rings. The molecule has 23 heavy (non-hydrogen) atoms. The van der Waals surface area contributed by atoms with Gasteiger partial charge in [-0.15, -0.1) is 0 Å². The fourth-order valence-electron chi connectivity index (χ4n) is 2.79. The number of nitrogens with one attached hydrogen (secondary N) is 1. The minimum absolute atomic E-state index is 0.00579. The van der Waals surface area contributed by atoms with Crippen LogP contribution in [0.4, 0.5) is 5.69 Å². The van der Waals surface area contributed by atoms with E-state index in [-0.39, 0.29) is 11.9 Å². The molecule has 0 radical (unpaired) electrons. The highest BCUT2D eigenvalue weighted by Crippen LogP contribution is 2.24. The number of hydrogen-bond donors (Lipinski definition) is 1. The quantitative estimate of drug-likeness (QED) is 0.765. The molecule has 0 aliphatic rings. The van der Waals surface area contributed by atoms with Gasteiger partial charge in [0.15, 0.2) is 0 Å². The van der Waals surface area contributed by atoms with Gasteiger partial charge in [0.25, 0.3) is 0 Å². The topological polar surface area (TPSA) is 46.9 Å². The molecule has 2 aromatic heterocycles. The van der Waals surface area contributed by atoms with Gasteiger partial charge in [-0.05, 0) is 48.7 Å². The SMILES string of the molecule is CC(C)C[C@H](C(=O)Nc1cccc2ncccc12)n1cccc1. The van der Waals surface area contributed by atoms with Crippen LogP contribution in [0.3, 0.4) is 0 Å². The molecule has 0 spiro atoms. The van der Waals surface area contributed by atoms with Crippen LogP contribution in [0.1, 0.15) is 26.3 Å². The van der Waals surface area contributed by atoms with Gasteiger partial charge in [0, 0.05) is 24.0 Å². The first-order chi connectivity index (χ1) is 11.1. The number of rotatable bonds is 5. The highest BCUT2D eigenvalue weighted by Gasteiger charge is 2.21. The Morgan fingerprint density at radius 2 is 1.91 bits per heavy atom. The fourth-order valence-corrected chi connectivity index (χ4v) is 2.79. The van der Waals surface area contributed by atoms with Gasteiger partial charge in [0.2, 0.25) is 5.91 Å². The number of amides is 1. The molecule has 1 atom stereocenters. The van der Waals surface area contributed by atoms with Crippen molar-refractivity contribution in [2.45, 2.75) is 26.3 Å². The summed E-state index contributed by atoms with van der Waals surface area (Å²) in [4.78, 5) is 17.2. The van der Waals surface area contributed by atoms with Crippen LogP contribution in [0, 0.1) is 5.92 Å². The standard InChI is InChI=1S/C19H21N3O/c1-14(2)13-18(22-11-3-4-12-22)19(23)21-17-9-5-8-16-15(17)7-6-10-20-16/h3-12,14,18H,13H2,1-2H3,(H,21,23)/t18-/m1/s1. The summed E-state index contributed by atoms with van der Waals surface area (Å²) in [6, 6.07) is 13.3. The first-order valence-corrected chi connectivity index (χ1v) is 7.92. The Bertz CT molecular complexity index is 788. The van der Waals surface area contributed by atoms with E-state index < -0.39 is 0 Å². The minimum Gasteiger partial charge on any atom is -0.342 e. The van der Waals surface area contributed by atoms with Gasteiger partial charge in [0.05, 0.1) is 11.2 Å². The van der Waals surface area contributed by atoms with Crippen molar-refractivity contribution < 1.29 is 4.79 Å². The Morgan fingerprint density at radius 3 is 2.65 bits per heavy atom.